The second-order valence-electron chi connectivity index (χ2n) is 2.20. The first-order chi connectivity index (χ1) is 4.79. The molecule has 1 aromatic rings. The molecule has 1 unspecified atom stereocenters. The van der Waals surface area contributed by atoms with E-state index in [-0.39, 0.29) is 0 Å². The van der Waals surface area contributed by atoms with Crippen LogP contribution in [-0.2, 0) is 17.3 Å². The molecule has 1 atom stereocenters. The zero-order valence-corrected chi connectivity index (χ0v) is 6.80. The van der Waals surface area contributed by atoms with Gasteiger partial charge in [-0.25, -0.2) is 0 Å². The van der Waals surface area contributed by atoms with Crippen LogP contribution in [0.4, 0.5) is 0 Å². The van der Waals surface area contributed by atoms with E-state index in [0.717, 1.165) is 12.3 Å². The molecule has 0 aliphatic rings. The van der Waals surface area contributed by atoms with Crippen molar-refractivity contribution in [3.8, 4) is 0 Å². The van der Waals surface area contributed by atoms with E-state index in [9.17, 15) is 4.21 Å². The second-order valence-corrected chi connectivity index (χ2v) is 3.75. The van der Waals surface area contributed by atoms with Crippen LogP contribution in [0, 0.1) is 0 Å². The van der Waals surface area contributed by atoms with Gasteiger partial charge in [0.05, 0.1) is 0 Å². The molecule has 1 rings (SSSR count). The molecule has 1 aromatic heterocycles. The molecule has 0 radical (unpaired) electrons. The molecule has 0 N–H and O–H groups in total. The van der Waals surface area contributed by atoms with E-state index in [1.54, 1.807) is 6.26 Å². The Hall–Kier alpha value is -0.570. The number of nitrogens with zero attached hydrogens (tertiary/aromatic N) is 1. The van der Waals surface area contributed by atoms with Gasteiger partial charge in [-0.3, -0.25) is 4.21 Å². The third-order valence-corrected chi connectivity index (χ3v) is 2.06. The van der Waals surface area contributed by atoms with Crippen LogP contribution in [0.3, 0.4) is 0 Å². The maximum absolute atomic E-state index is 10.6. The molecule has 0 spiro atoms. The smallest absolute Gasteiger partial charge is 0.0411 e. The zero-order chi connectivity index (χ0) is 7.40. The van der Waals surface area contributed by atoms with E-state index in [4.69, 9.17) is 0 Å². The summed E-state index contributed by atoms with van der Waals surface area (Å²) in [5.74, 6) is 0.745. The Morgan fingerprint density at radius 1 is 1.40 bits per heavy atom. The SMILES string of the molecule is CS(=O)CCn1cccc1. The summed E-state index contributed by atoms with van der Waals surface area (Å²) < 4.78 is 12.7. The van der Waals surface area contributed by atoms with Crippen molar-refractivity contribution in [1.29, 1.82) is 0 Å². The maximum atomic E-state index is 10.6. The standard InChI is InChI=1S/C7H11NOS/c1-10(9)7-6-8-4-2-3-5-8/h2-5H,6-7H2,1H3. The Bertz CT molecular complexity index is 205. The third kappa shape index (κ3) is 2.35. The van der Waals surface area contributed by atoms with Crippen LogP contribution in [-0.4, -0.2) is 20.8 Å². The molecular weight excluding hydrogens is 146 g/mol. The lowest BCUT2D eigenvalue weighted by atomic mass is 10.7. The average molecular weight is 157 g/mol. The molecule has 0 fully saturated rings. The van der Waals surface area contributed by atoms with Gasteiger partial charge in [0.1, 0.15) is 0 Å². The van der Waals surface area contributed by atoms with Crippen LogP contribution >= 0.6 is 0 Å². The lowest BCUT2D eigenvalue weighted by Gasteiger charge is -1.98. The van der Waals surface area contributed by atoms with Gasteiger partial charge >= 0.3 is 0 Å². The summed E-state index contributed by atoms with van der Waals surface area (Å²) >= 11 is 0. The van der Waals surface area contributed by atoms with Gasteiger partial charge in [0.2, 0.25) is 0 Å². The van der Waals surface area contributed by atoms with Gasteiger partial charge in [0.15, 0.2) is 0 Å². The normalized spacial score (nSPS) is 13.3. The van der Waals surface area contributed by atoms with Crippen LogP contribution < -0.4 is 0 Å². The van der Waals surface area contributed by atoms with Gasteiger partial charge in [-0.1, -0.05) is 0 Å². The Kier molecular flexibility index (Phi) is 2.68. The van der Waals surface area contributed by atoms with Gasteiger partial charge in [-0.2, -0.15) is 0 Å². The lowest BCUT2D eigenvalue weighted by Crippen LogP contribution is -2.03. The summed E-state index contributed by atoms with van der Waals surface area (Å²) in [6.45, 7) is 0.857. The topological polar surface area (TPSA) is 22.0 Å². The van der Waals surface area contributed by atoms with Crippen molar-refractivity contribution in [2.45, 2.75) is 6.54 Å². The van der Waals surface area contributed by atoms with Crippen LogP contribution in [0.2, 0.25) is 0 Å². The molecule has 0 saturated heterocycles. The van der Waals surface area contributed by atoms with Crippen molar-refractivity contribution in [3.05, 3.63) is 24.5 Å². The molecule has 3 heteroatoms. The minimum absolute atomic E-state index is 0.671. The van der Waals surface area contributed by atoms with E-state index in [1.165, 1.54) is 0 Å². The quantitative estimate of drug-likeness (QED) is 0.638. The second kappa shape index (κ2) is 3.56. The lowest BCUT2D eigenvalue weighted by molar-refractivity contribution is 0.678. The molecule has 0 aliphatic carbocycles. The van der Waals surface area contributed by atoms with Crippen LogP contribution in [0.15, 0.2) is 24.5 Å². The number of hydrogen-bond acceptors (Lipinski definition) is 1. The fourth-order valence-corrected chi connectivity index (χ4v) is 1.22. The number of hydrogen-bond donors (Lipinski definition) is 0. The van der Waals surface area contributed by atoms with Crippen molar-refractivity contribution >= 4 is 10.8 Å². The van der Waals surface area contributed by atoms with Crippen molar-refractivity contribution in [2.75, 3.05) is 12.0 Å². The first-order valence-corrected chi connectivity index (χ1v) is 4.92. The fraction of sp³-hybridized carbons (Fsp3) is 0.429. The Morgan fingerprint density at radius 2 is 2.00 bits per heavy atom. The summed E-state index contributed by atoms with van der Waals surface area (Å²) in [4.78, 5) is 0. The van der Waals surface area contributed by atoms with Crippen LogP contribution in [0.1, 0.15) is 0 Å². The van der Waals surface area contributed by atoms with Gasteiger partial charge in [-0.15, -0.1) is 0 Å². The average Bonchev–Trinajstić information content (AvgIpc) is 2.34. The Balaban J connectivity index is 2.35. The highest BCUT2D eigenvalue weighted by Crippen LogP contribution is 1.89. The van der Waals surface area contributed by atoms with E-state index in [0.29, 0.717) is 0 Å². The van der Waals surface area contributed by atoms with E-state index in [1.807, 2.05) is 29.1 Å². The highest BCUT2D eigenvalue weighted by atomic mass is 32.2. The van der Waals surface area contributed by atoms with E-state index >= 15 is 0 Å². The first-order valence-electron chi connectivity index (χ1n) is 3.20. The molecule has 0 aromatic carbocycles. The van der Waals surface area contributed by atoms with Gasteiger partial charge in [0, 0.05) is 41.7 Å². The minimum atomic E-state index is -0.671. The van der Waals surface area contributed by atoms with Crippen LogP contribution in [0.5, 0.6) is 0 Å². The summed E-state index contributed by atoms with van der Waals surface area (Å²) in [5.41, 5.74) is 0. The molecule has 10 heavy (non-hydrogen) atoms. The summed E-state index contributed by atoms with van der Waals surface area (Å²) in [6.07, 6.45) is 5.68. The molecule has 0 aliphatic heterocycles. The molecule has 0 bridgehead atoms. The van der Waals surface area contributed by atoms with Gasteiger partial charge < -0.3 is 4.57 Å². The highest BCUT2D eigenvalue weighted by Gasteiger charge is 1.90. The number of aromatic nitrogens is 1. The van der Waals surface area contributed by atoms with Gasteiger partial charge in [0.25, 0.3) is 0 Å². The molecule has 0 amide bonds. The molecule has 1 heterocycles. The molecule has 56 valence electrons. The molecule has 0 saturated carbocycles. The van der Waals surface area contributed by atoms with Crippen LogP contribution in [0.25, 0.3) is 0 Å². The van der Waals surface area contributed by atoms with Crippen molar-refractivity contribution in [3.63, 3.8) is 0 Å². The van der Waals surface area contributed by atoms with E-state index in [2.05, 4.69) is 0 Å². The first kappa shape index (κ1) is 7.54. The maximum Gasteiger partial charge on any atom is 0.0411 e. The third-order valence-electron chi connectivity index (χ3n) is 1.30. The number of rotatable bonds is 3. The largest absolute Gasteiger partial charge is 0.353 e. The predicted octanol–water partition coefficient (Wildman–Crippen LogP) is 0.867. The van der Waals surface area contributed by atoms with Crippen molar-refractivity contribution in [1.82, 2.24) is 4.57 Å². The number of aryl methyl sites for hydroxylation is 1. The molecular formula is C7H11NOS. The minimum Gasteiger partial charge on any atom is -0.353 e. The summed E-state index contributed by atoms with van der Waals surface area (Å²) in [7, 11) is -0.671. The Morgan fingerprint density at radius 3 is 2.50 bits per heavy atom. The fourth-order valence-electron chi connectivity index (χ4n) is 0.753. The molecule has 2 nitrogen and oxygen atoms in total. The Labute approximate surface area is 63.3 Å². The van der Waals surface area contributed by atoms with Crippen molar-refractivity contribution < 1.29 is 4.21 Å². The zero-order valence-electron chi connectivity index (χ0n) is 5.99. The monoisotopic (exact) mass is 157 g/mol. The van der Waals surface area contributed by atoms with Crippen molar-refractivity contribution in [2.24, 2.45) is 0 Å². The van der Waals surface area contributed by atoms with E-state index < -0.39 is 10.8 Å². The summed E-state index contributed by atoms with van der Waals surface area (Å²) in [6, 6.07) is 3.94. The van der Waals surface area contributed by atoms with Gasteiger partial charge in [-0.05, 0) is 12.1 Å². The highest BCUT2D eigenvalue weighted by molar-refractivity contribution is 7.84. The summed E-state index contributed by atoms with van der Waals surface area (Å²) in [5, 5.41) is 0. The predicted molar refractivity (Wildman–Crippen MR) is 43.4 cm³/mol.